The van der Waals surface area contributed by atoms with E-state index >= 15 is 0 Å². The zero-order valence-electron chi connectivity index (χ0n) is 13.6. The maximum Gasteiger partial charge on any atom is 0.0244 e. The fourth-order valence-corrected chi connectivity index (χ4v) is 3.40. The maximum absolute atomic E-state index is 3.69. The molecule has 0 amide bonds. The fraction of sp³-hybridized carbons (Fsp3) is 1.00. The van der Waals surface area contributed by atoms with Gasteiger partial charge < -0.3 is 15.1 Å². The van der Waals surface area contributed by atoms with Crippen LogP contribution in [0.4, 0.5) is 0 Å². The SMILES string of the molecule is CC(C)N1CCC(CN2CCNC(C(C)(C)C)C2)C1. The number of piperazine rings is 1. The third-order valence-corrected chi connectivity index (χ3v) is 4.87. The van der Waals surface area contributed by atoms with Gasteiger partial charge in [-0.3, -0.25) is 0 Å². The van der Waals surface area contributed by atoms with E-state index in [9.17, 15) is 0 Å². The van der Waals surface area contributed by atoms with Crippen molar-refractivity contribution < 1.29 is 0 Å². The molecule has 3 heteroatoms. The molecular weight excluding hydrogens is 234 g/mol. The average Bonchev–Trinajstić information content (AvgIpc) is 2.77. The van der Waals surface area contributed by atoms with Gasteiger partial charge in [-0.2, -0.15) is 0 Å². The molecule has 0 radical (unpaired) electrons. The number of nitrogens with one attached hydrogen (secondary N) is 1. The molecule has 2 aliphatic heterocycles. The lowest BCUT2D eigenvalue weighted by Gasteiger charge is -2.41. The monoisotopic (exact) mass is 267 g/mol. The van der Waals surface area contributed by atoms with Crippen LogP contribution in [0.5, 0.6) is 0 Å². The summed E-state index contributed by atoms with van der Waals surface area (Å²) in [6, 6.07) is 1.36. The molecule has 0 aromatic rings. The van der Waals surface area contributed by atoms with Gasteiger partial charge in [0.05, 0.1) is 0 Å². The van der Waals surface area contributed by atoms with Crippen molar-refractivity contribution in [2.24, 2.45) is 11.3 Å². The number of rotatable bonds is 3. The van der Waals surface area contributed by atoms with Gasteiger partial charge in [0, 0.05) is 44.8 Å². The van der Waals surface area contributed by atoms with E-state index in [0.717, 1.165) is 18.5 Å². The first-order chi connectivity index (χ1) is 8.86. The lowest BCUT2D eigenvalue weighted by Crippen LogP contribution is -2.56. The van der Waals surface area contributed by atoms with Crippen LogP contribution in [0, 0.1) is 11.3 Å². The van der Waals surface area contributed by atoms with Crippen LogP contribution in [0.15, 0.2) is 0 Å². The van der Waals surface area contributed by atoms with Gasteiger partial charge in [-0.05, 0) is 38.1 Å². The summed E-state index contributed by atoms with van der Waals surface area (Å²) in [6.45, 7) is 19.2. The highest BCUT2D eigenvalue weighted by Crippen LogP contribution is 2.24. The van der Waals surface area contributed by atoms with Gasteiger partial charge in [0.15, 0.2) is 0 Å². The first-order valence-corrected chi connectivity index (χ1v) is 8.06. The van der Waals surface area contributed by atoms with Gasteiger partial charge in [0.25, 0.3) is 0 Å². The molecule has 2 aliphatic rings. The van der Waals surface area contributed by atoms with Crippen molar-refractivity contribution in [2.75, 3.05) is 39.3 Å². The molecule has 112 valence electrons. The Balaban J connectivity index is 1.80. The van der Waals surface area contributed by atoms with Crippen LogP contribution in [0.3, 0.4) is 0 Å². The van der Waals surface area contributed by atoms with Crippen LogP contribution in [0.1, 0.15) is 41.0 Å². The third kappa shape index (κ3) is 4.17. The summed E-state index contributed by atoms with van der Waals surface area (Å²) in [4.78, 5) is 5.33. The Kier molecular flexibility index (Phi) is 4.91. The summed E-state index contributed by atoms with van der Waals surface area (Å²) >= 11 is 0. The van der Waals surface area contributed by atoms with Crippen molar-refractivity contribution in [2.45, 2.75) is 53.1 Å². The van der Waals surface area contributed by atoms with Crippen molar-refractivity contribution in [1.82, 2.24) is 15.1 Å². The minimum Gasteiger partial charge on any atom is -0.311 e. The average molecular weight is 267 g/mol. The van der Waals surface area contributed by atoms with Crippen LogP contribution < -0.4 is 5.32 Å². The normalized spacial score (nSPS) is 31.3. The van der Waals surface area contributed by atoms with E-state index in [-0.39, 0.29) is 0 Å². The smallest absolute Gasteiger partial charge is 0.0244 e. The summed E-state index contributed by atoms with van der Waals surface area (Å²) in [5.74, 6) is 0.890. The van der Waals surface area contributed by atoms with Crippen molar-refractivity contribution >= 4 is 0 Å². The van der Waals surface area contributed by atoms with Crippen molar-refractivity contribution in [1.29, 1.82) is 0 Å². The topological polar surface area (TPSA) is 18.5 Å². The van der Waals surface area contributed by atoms with E-state index in [1.54, 1.807) is 0 Å². The molecule has 0 aliphatic carbocycles. The van der Waals surface area contributed by atoms with E-state index in [0.29, 0.717) is 11.5 Å². The van der Waals surface area contributed by atoms with Crippen LogP contribution >= 0.6 is 0 Å². The molecule has 2 rings (SSSR count). The Morgan fingerprint density at radius 3 is 2.47 bits per heavy atom. The van der Waals surface area contributed by atoms with Crippen LogP contribution in [0.2, 0.25) is 0 Å². The zero-order valence-corrected chi connectivity index (χ0v) is 13.6. The minimum atomic E-state index is 0.373. The van der Waals surface area contributed by atoms with Crippen molar-refractivity contribution in [3.8, 4) is 0 Å². The molecule has 0 aromatic carbocycles. The number of hydrogen-bond acceptors (Lipinski definition) is 3. The second kappa shape index (κ2) is 6.11. The number of nitrogens with zero attached hydrogens (tertiary/aromatic N) is 2. The van der Waals surface area contributed by atoms with Crippen LogP contribution in [-0.4, -0.2) is 61.2 Å². The molecule has 2 unspecified atom stereocenters. The van der Waals surface area contributed by atoms with E-state index in [2.05, 4.69) is 49.7 Å². The lowest BCUT2D eigenvalue weighted by molar-refractivity contribution is 0.119. The Morgan fingerprint density at radius 1 is 1.16 bits per heavy atom. The predicted octanol–water partition coefficient (Wildman–Crippen LogP) is 2.04. The van der Waals surface area contributed by atoms with Crippen molar-refractivity contribution in [3.05, 3.63) is 0 Å². The Morgan fingerprint density at radius 2 is 1.89 bits per heavy atom. The van der Waals surface area contributed by atoms with E-state index in [1.165, 1.54) is 39.1 Å². The summed E-state index contributed by atoms with van der Waals surface area (Å²) in [6.07, 6.45) is 1.39. The highest BCUT2D eigenvalue weighted by atomic mass is 15.2. The molecule has 0 bridgehead atoms. The summed E-state index contributed by atoms with van der Waals surface area (Å²) in [5.41, 5.74) is 0.373. The first kappa shape index (κ1) is 15.3. The molecule has 19 heavy (non-hydrogen) atoms. The molecule has 2 saturated heterocycles. The van der Waals surface area contributed by atoms with Gasteiger partial charge in [-0.25, -0.2) is 0 Å². The summed E-state index contributed by atoms with van der Waals surface area (Å²) < 4.78 is 0. The minimum absolute atomic E-state index is 0.373. The fourth-order valence-electron chi connectivity index (χ4n) is 3.40. The standard InChI is InChI=1S/C16H33N3/c1-13(2)19-8-6-14(11-19)10-18-9-7-17-15(12-18)16(3,4)5/h13-15,17H,6-12H2,1-5H3. The molecule has 2 atom stereocenters. The van der Waals surface area contributed by atoms with E-state index in [4.69, 9.17) is 0 Å². The Hall–Kier alpha value is -0.120. The maximum atomic E-state index is 3.69. The summed E-state index contributed by atoms with van der Waals surface area (Å²) in [5, 5.41) is 3.69. The Labute approximate surface area is 119 Å². The third-order valence-electron chi connectivity index (χ3n) is 4.87. The Bertz CT molecular complexity index is 282. The van der Waals surface area contributed by atoms with Crippen LogP contribution in [-0.2, 0) is 0 Å². The molecule has 0 saturated carbocycles. The molecule has 1 N–H and O–H groups in total. The van der Waals surface area contributed by atoms with Gasteiger partial charge in [0.1, 0.15) is 0 Å². The highest BCUT2D eigenvalue weighted by Gasteiger charge is 2.31. The van der Waals surface area contributed by atoms with Crippen LogP contribution in [0.25, 0.3) is 0 Å². The number of likely N-dealkylation sites (tertiary alicyclic amines) is 1. The number of hydrogen-bond donors (Lipinski definition) is 1. The van der Waals surface area contributed by atoms with Gasteiger partial charge in [-0.1, -0.05) is 20.8 Å². The molecule has 2 fully saturated rings. The summed E-state index contributed by atoms with van der Waals surface area (Å²) in [7, 11) is 0. The van der Waals surface area contributed by atoms with Crippen molar-refractivity contribution in [3.63, 3.8) is 0 Å². The first-order valence-electron chi connectivity index (χ1n) is 8.06. The van der Waals surface area contributed by atoms with Gasteiger partial charge >= 0.3 is 0 Å². The van der Waals surface area contributed by atoms with Gasteiger partial charge in [0.2, 0.25) is 0 Å². The highest BCUT2D eigenvalue weighted by molar-refractivity contribution is 4.89. The van der Waals surface area contributed by atoms with E-state index < -0.39 is 0 Å². The second-order valence-corrected chi connectivity index (χ2v) is 7.88. The quantitative estimate of drug-likeness (QED) is 0.844. The molecule has 0 spiro atoms. The second-order valence-electron chi connectivity index (χ2n) is 7.88. The molecule has 2 heterocycles. The largest absolute Gasteiger partial charge is 0.311 e. The molecule has 0 aromatic heterocycles. The zero-order chi connectivity index (χ0) is 14.0. The lowest BCUT2D eigenvalue weighted by atomic mass is 9.85. The van der Waals surface area contributed by atoms with E-state index in [1.807, 2.05) is 0 Å². The predicted molar refractivity (Wildman–Crippen MR) is 82.5 cm³/mol. The molecular formula is C16H33N3. The van der Waals surface area contributed by atoms with Gasteiger partial charge in [-0.15, -0.1) is 0 Å². The molecule has 3 nitrogen and oxygen atoms in total.